The Kier molecular flexibility index (Phi) is 3.62. The molecule has 0 N–H and O–H groups in total. The fraction of sp³-hybridized carbons (Fsp3) is 0.538. The molecule has 1 aromatic rings. The lowest BCUT2D eigenvalue weighted by molar-refractivity contribution is 0.179. The van der Waals surface area contributed by atoms with Gasteiger partial charge >= 0.3 is 0 Å². The molecule has 0 spiro atoms. The van der Waals surface area contributed by atoms with Gasteiger partial charge in [0.2, 0.25) is 0 Å². The van der Waals surface area contributed by atoms with Gasteiger partial charge in [-0.25, -0.2) is 0 Å². The first kappa shape index (κ1) is 10.5. The monoisotopic (exact) mass is 205 g/mol. The summed E-state index contributed by atoms with van der Waals surface area (Å²) in [6, 6.07) is 10.7. The number of likely N-dealkylation sites (N-methyl/N-ethyl adjacent to an activating group) is 1. The van der Waals surface area contributed by atoms with Gasteiger partial charge in [-0.2, -0.15) is 0 Å². The minimum Gasteiger partial charge on any atom is -0.492 e. The number of nitrogens with zero attached hydrogens (tertiary/aromatic N) is 1. The van der Waals surface area contributed by atoms with E-state index < -0.39 is 0 Å². The number of benzene rings is 1. The summed E-state index contributed by atoms with van der Waals surface area (Å²) in [5.74, 6) is 0.987. The highest BCUT2D eigenvalue weighted by Crippen LogP contribution is 2.18. The second kappa shape index (κ2) is 5.17. The lowest BCUT2D eigenvalue weighted by Gasteiger charge is -2.22. The van der Waals surface area contributed by atoms with E-state index >= 15 is 0 Å². The molecule has 1 aliphatic heterocycles. The Labute approximate surface area is 91.9 Å². The van der Waals surface area contributed by atoms with Crippen LogP contribution in [0.25, 0.3) is 0 Å². The van der Waals surface area contributed by atoms with Crippen molar-refractivity contribution in [2.24, 2.45) is 0 Å². The SMILES string of the molecule is CCN1CCCC1COc1ccccc1. The van der Waals surface area contributed by atoms with Crippen LogP contribution in [0.4, 0.5) is 0 Å². The van der Waals surface area contributed by atoms with Crippen molar-refractivity contribution in [1.29, 1.82) is 0 Å². The normalized spacial score (nSPS) is 21.8. The van der Waals surface area contributed by atoms with Crippen LogP contribution in [0.5, 0.6) is 5.75 Å². The molecule has 0 aromatic heterocycles. The highest BCUT2D eigenvalue weighted by molar-refractivity contribution is 5.20. The molecular weight excluding hydrogens is 186 g/mol. The zero-order chi connectivity index (χ0) is 10.5. The Morgan fingerprint density at radius 1 is 1.33 bits per heavy atom. The summed E-state index contributed by atoms with van der Waals surface area (Å²) in [5.41, 5.74) is 0. The van der Waals surface area contributed by atoms with Gasteiger partial charge in [-0.3, -0.25) is 4.90 Å². The van der Waals surface area contributed by atoms with E-state index in [0.717, 1.165) is 18.9 Å². The molecule has 1 saturated heterocycles. The molecule has 1 atom stereocenters. The number of hydrogen-bond donors (Lipinski definition) is 0. The largest absolute Gasteiger partial charge is 0.492 e. The first-order valence-electron chi connectivity index (χ1n) is 5.82. The molecule has 0 saturated carbocycles. The van der Waals surface area contributed by atoms with Gasteiger partial charge in [0.25, 0.3) is 0 Å². The lowest BCUT2D eigenvalue weighted by atomic mass is 10.2. The number of ether oxygens (including phenoxy) is 1. The maximum atomic E-state index is 5.78. The van der Waals surface area contributed by atoms with Gasteiger partial charge in [-0.1, -0.05) is 25.1 Å². The van der Waals surface area contributed by atoms with Gasteiger partial charge in [0.1, 0.15) is 12.4 Å². The van der Waals surface area contributed by atoms with E-state index in [1.165, 1.54) is 19.4 Å². The zero-order valence-electron chi connectivity index (χ0n) is 9.36. The van der Waals surface area contributed by atoms with E-state index in [9.17, 15) is 0 Å². The highest BCUT2D eigenvalue weighted by atomic mass is 16.5. The molecule has 0 aliphatic carbocycles. The fourth-order valence-corrected chi connectivity index (χ4v) is 2.21. The van der Waals surface area contributed by atoms with Crippen molar-refractivity contribution in [3.8, 4) is 5.75 Å². The second-order valence-corrected chi connectivity index (χ2v) is 4.05. The smallest absolute Gasteiger partial charge is 0.119 e. The summed E-state index contributed by atoms with van der Waals surface area (Å²) >= 11 is 0. The molecule has 1 aliphatic rings. The molecule has 0 radical (unpaired) electrons. The summed E-state index contributed by atoms with van der Waals surface area (Å²) in [6.45, 7) is 5.43. The first-order chi connectivity index (χ1) is 7.40. The Bertz CT molecular complexity index is 286. The summed E-state index contributed by atoms with van der Waals surface area (Å²) in [4.78, 5) is 2.50. The topological polar surface area (TPSA) is 12.5 Å². The second-order valence-electron chi connectivity index (χ2n) is 4.05. The summed E-state index contributed by atoms with van der Waals surface area (Å²) in [5, 5.41) is 0. The quantitative estimate of drug-likeness (QED) is 0.749. The van der Waals surface area contributed by atoms with E-state index in [4.69, 9.17) is 4.74 Å². The maximum absolute atomic E-state index is 5.78. The summed E-state index contributed by atoms with van der Waals surface area (Å²) in [6.07, 6.45) is 2.59. The molecule has 82 valence electrons. The van der Waals surface area contributed by atoms with Crippen molar-refractivity contribution >= 4 is 0 Å². The first-order valence-corrected chi connectivity index (χ1v) is 5.82. The van der Waals surface area contributed by atoms with E-state index in [1.54, 1.807) is 0 Å². The molecule has 1 aromatic carbocycles. The van der Waals surface area contributed by atoms with E-state index in [0.29, 0.717) is 6.04 Å². The Morgan fingerprint density at radius 2 is 2.13 bits per heavy atom. The van der Waals surface area contributed by atoms with Crippen molar-refractivity contribution in [2.75, 3.05) is 19.7 Å². The van der Waals surface area contributed by atoms with Crippen molar-refractivity contribution in [2.45, 2.75) is 25.8 Å². The molecule has 1 fully saturated rings. The minimum absolute atomic E-state index is 0.621. The lowest BCUT2D eigenvalue weighted by Crippen LogP contribution is -2.33. The molecule has 2 rings (SSSR count). The van der Waals surface area contributed by atoms with Gasteiger partial charge in [0, 0.05) is 6.04 Å². The van der Waals surface area contributed by atoms with Crippen LogP contribution in [0.15, 0.2) is 30.3 Å². The summed E-state index contributed by atoms with van der Waals surface area (Å²) < 4.78 is 5.78. The Morgan fingerprint density at radius 3 is 2.87 bits per heavy atom. The van der Waals surface area contributed by atoms with Gasteiger partial charge in [-0.15, -0.1) is 0 Å². The molecular formula is C13H19NO. The summed E-state index contributed by atoms with van der Waals surface area (Å²) in [7, 11) is 0. The van der Waals surface area contributed by atoms with Gasteiger partial charge in [0.05, 0.1) is 0 Å². The molecule has 1 unspecified atom stereocenters. The van der Waals surface area contributed by atoms with Crippen molar-refractivity contribution in [1.82, 2.24) is 4.90 Å². The average molecular weight is 205 g/mol. The predicted octanol–water partition coefficient (Wildman–Crippen LogP) is 2.55. The van der Waals surface area contributed by atoms with Crippen LogP contribution in [0, 0.1) is 0 Å². The molecule has 2 nitrogen and oxygen atoms in total. The van der Waals surface area contributed by atoms with Crippen LogP contribution in [0.1, 0.15) is 19.8 Å². The average Bonchev–Trinajstić information content (AvgIpc) is 2.75. The van der Waals surface area contributed by atoms with Crippen LogP contribution >= 0.6 is 0 Å². The van der Waals surface area contributed by atoms with Gasteiger partial charge < -0.3 is 4.74 Å². The third-order valence-electron chi connectivity index (χ3n) is 3.09. The van der Waals surface area contributed by atoms with E-state index in [2.05, 4.69) is 11.8 Å². The molecule has 0 amide bonds. The standard InChI is InChI=1S/C13H19NO/c1-2-14-10-6-7-12(14)11-15-13-8-4-3-5-9-13/h3-5,8-9,12H,2,6-7,10-11H2,1H3. The van der Waals surface area contributed by atoms with Gasteiger partial charge in [-0.05, 0) is 38.1 Å². The number of hydrogen-bond acceptors (Lipinski definition) is 2. The van der Waals surface area contributed by atoms with Crippen molar-refractivity contribution in [3.63, 3.8) is 0 Å². The van der Waals surface area contributed by atoms with Crippen LogP contribution in [0.2, 0.25) is 0 Å². The number of para-hydroxylation sites is 1. The van der Waals surface area contributed by atoms with Crippen LogP contribution in [0.3, 0.4) is 0 Å². The maximum Gasteiger partial charge on any atom is 0.119 e. The molecule has 15 heavy (non-hydrogen) atoms. The van der Waals surface area contributed by atoms with E-state index in [1.807, 2.05) is 30.3 Å². The van der Waals surface area contributed by atoms with E-state index in [-0.39, 0.29) is 0 Å². The molecule has 1 heterocycles. The Hall–Kier alpha value is -1.02. The molecule has 2 heteroatoms. The predicted molar refractivity (Wildman–Crippen MR) is 62.2 cm³/mol. The third kappa shape index (κ3) is 2.72. The third-order valence-corrected chi connectivity index (χ3v) is 3.09. The van der Waals surface area contributed by atoms with Crippen molar-refractivity contribution < 1.29 is 4.74 Å². The molecule has 0 bridgehead atoms. The number of likely N-dealkylation sites (tertiary alicyclic amines) is 1. The van der Waals surface area contributed by atoms with Gasteiger partial charge in [0.15, 0.2) is 0 Å². The van der Waals surface area contributed by atoms with Crippen LogP contribution in [-0.4, -0.2) is 30.6 Å². The fourth-order valence-electron chi connectivity index (χ4n) is 2.21. The van der Waals surface area contributed by atoms with Crippen LogP contribution in [-0.2, 0) is 0 Å². The minimum atomic E-state index is 0.621. The number of rotatable bonds is 4. The van der Waals surface area contributed by atoms with Crippen LogP contribution < -0.4 is 4.74 Å². The highest BCUT2D eigenvalue weighted by Gasteiger charge is 2.23. The Balaban J connectivity index is 1.83. The van der Waals surface area contributed by atoms with Crippen molar-refractivity contribution in [3.05, 3.63) is 30.3 Å². The zero-order valence-corrected chi connectivity index (χ0v) is 9.36.